The van der Waals surface area contributed by atoms with Crippen molar-refractivity contribution in [3.8, 4) is 0 Å². The molecule has 0 saturated carbocycles. The second-order valence-electron chi connectivity index (χ2n) is 3.75. The van der Waals surface area contributed by atoms with Gasteiger partial charge in [0, 0.05) is 0 Å². The van der Waals surface area contributed by atoms with Crippen molar-refractivity contribution in [1.82, 2.24) is 0 Å². The third-order valence-corrected chi connectivity index (χ3v) is 6.48. The summed E-state index contributed by atoms with van der Waals surface area (Å²) in [7, 11) is -2.66. The standard InChI is InChI=1S/C14H16IO2P/c1-15-12-17-18(16,13-8-4-2-5-9-13)14-10-6-3-7-11-14/h2-11,16H,12H2,1H3. The van der Waals surface area contributed by atoms with Gasteiger partial charge < -0.3 is 0 Å². The van der Waals surface area contributed by atoms with E-state index in [-0.39, 0.29) is 21.2 Å². The molecule has 1 N–H and O–H groups in total. The Kier molecular flexibility index (Phi) is 5.13. The van der Waals surface area contributed by atoms with Gasteiger partial charge in [0.1, 0.15) is 0 Å². The molecule has 2 aromatic rings. The summed E-state index contributed by atoms with van der Waals surface area (Å²) in [6.07, 6.45) is 0. The molecule has 0 radical (unpaired) electrons. The van der Waals surface area contributed by atoms with Crippen molar-refractivity contribution in [3.63, 3.8) is 0 Å². The Morgan fingerprint density at radius 1 is 0.944 bits per heavy atom. The van der Waals surface area contributed by atoms with E-state index in [2.05, 4.69) is 4.93 Å². The van der Waals surface area contributed by atoms with Crippen molar-refractivity contribution in [3.05, 3.63) is 60.7 Å². The zero-order valence-corrected chi connectivity index (χ0v) is 13.2. The maximum absolute atomic E-state index is 11.0. The van der Waals surface area contributed by atoms with E-state index in [0.29, 0.717) is 4.61 Å². The number of hydrogen-bond acceptors (Lipinski definition) is 2. The molecule has 18 heavy (non-hydrogen) atoms. The third kappa shape index (κ3) is 3.09. The van der Waals surface area contributed by atoms with Crippen LogP contribution in [0.4, 0.5) is 0 Å². The van der Waals surface area contributed by atoms with Gasteiger partial charge in [-0.2, -0.15) is 0 Å². The van der Waals surface area contributed by atoms with Gasteiger partial charge in [0.15, 0.2) is 0 Å². The molecule has 4 heteroatoms. The van der Waals surface area contributed by atoms with Crippen LogP contribution < -0.4 is 31.8 Å². The van der Waals surface area contributed by atoms with Crippen LogP contribution in [-0.2, 0) is 4.52 Å². The number of halogens is 1. The van der Waals surface area contributed by atoms with Crippen molar-refractivity contribution in [2.75, 3.05) is 9.54 Å². The molecule has 0 aliphatic heterocycles. The molecule has 0 fully saturated rings. The normalized spacial score (nSPS) is 11.7. The molecule has 0 amide bonds. The number of alkyl halides is 2. The minimum absolute atomic E-state index is 0.00310. The fraction of sp³-hybridized carbons (Fsp3) is 0.143. The maximum atomic E-state index is 11.0. The van der Waals surface area contributed by atoms with Crippen LogP contribution in [0.3, 0.4) is 0 Å². The van der Waals surface area contributed by atoms with E-state index in [4.69, 9.17) is 4.52 Å². The van der Waals surface area contributed by atoms with Crippen LogP contribution in [0, 0.1) is 0 Å². The predicted octanol–water partition coefficient (Wildman–Crippen LogP) is -0.830. The minimum atomic E-state index is -2.66. The summed E-state index contributed by atoms with van der Waals surface area (Å²) < 4.78 is 6.54. The van der Waals surface area contributed by atoms with Gasteiger partial charge >= 0.3 is 119 Å². The molecule has 2 rings (SSSR count). The van der Waals surface area contributed by atoms with Gasteiger partial charge in [-0.3, -0.25) is 0 Å². The van der Waals surface area contributed by atoms with Crippen LogP contribution in [0.15, 0.2) is 60.7 Å². The van der Waals surface area contributed by atoms with Crippen LogP contribution in [0.25, 0.3) is 0 Å². The molecule has 2 nitrogen and oxygen atoms in total. The van der Waals surface area contributed by atoms with E-state index >= 15 is 0 Å². The first-order chi connectivity index (χ1) is 8.77. The predicted molar refractivity (Wildman–Crippen MR) is 73.2 cm³/mol. The van der Waals surface area contributed by atoms with E-state index < -0.39 is 7.72 Å². The third-order valence-electron chi connectivity index (χ3n) is 2.56. The summed E-state index contributed by atoms with van der Waals surface area (Å²) in [6.45, 7) is 0. The molecule has 96 valence electrons. The first kappa shape index (κ1) is 13.9. The SMILES string of the molecule is C[I-]CO[P+](O)(c1ccccc1)c1ccccc1. The summed E-state index contributed by atoms with van der Waals surface area (Å²) in [5.74, 6) is 0. The fourth-order valence-electron chi connectivity index (χ4n) is 1.68. The van der Waals surface area contributed by atoms with Crippen LogP contribution in [0.2, 0.25) is 0 Å². The average molecular weight is 374 g/mol. The Hall–Kier alpha value is -0.480. The Morgan fingerprint density at radius 3 is 1.78 bits per heavy atom. The summed E-state index contributed by atoms with van der Waals surface area (Å²) in [5, 5.41) is 1.77. The van der Waals surface area contributed by atoms with Gasteiger partial charge in [0.2, 0.25) is 0 Å². The molecule has 0 spiro atoms. The molecule has 0 bridgehead atoms. The average Bonchev–Trinajstić information content (AvgIpc) is 2.46. The zero-order valence-electron chi connectivity index (χ0n) is 10.2. The van der Waals surface area contributed by atoms with E-state index in [1.807, 2.05) is 60.7 Å². The van der Waals surface area contributed by atoms with Gasteiger partial charge in [-0.1, -0.05) is 0 Å². The van der Waals surface area contributed by atoms with Crippen LogP contribution in [0.5, 0.6) is 0 Å². The molecular formula is C14H16IO2P. The summed E-state index contributed by atoms with van der Waals surface area (Å²) in [4.78, 5) is 13.1. The monoisotopic (exact) mass is 374 g/mol. The van der Waals surface area contributed by atoms with Gasteiger partial charge in [-0.15, -0.1) is 0 Å². The Bertz CT molecular complexity index is 436. The molecule has 0 aliphatic rings. The Balaban J connectivity index is 2.41. The second-order valence-corrected chi connectivity index (χ2v) is 8.34. The van der Waals surface area contributed by atoms with E-state index in [0.717, 1.165) is 10.6 Å². The molecular weight excluding hydrogens is 358 g/mol. The number of benzene rings is 2. The molecule has 0 unspecified atom stereocenters. The van der Waals surface area contributed by atoms with Crippen molar-refractivity contribution in [2.45, 2.75) is 0 Å². The molecule has 0 aliphatic carbocycles. The van der Waals surface area contributed by atoms with Crippen molar-refractivity contribution in [1.29, 1.82) is 0 Å². The molecule has 2 aromatic carbocycles. The zero-order chi connectivity index (χ0) is 12.8. The van der Waals surface area contributed by atoms with E-state index in [9.17, 15) is 4.89 Å². The molecule has 0 saturated heterocycles. The first-order valence-electron chi connectivity index (χ1n) is 5.59. The van der Waals surface area contributed by atoms with Crippen LogP contribution >= 0.6 is 7.72 Å². The molecule has 0 atom stereocenters. The summed E-state index contributed by atoms with van der Waals surface area (Å²) in [5.41, 5.74) is 0. The van der Waals surface area contributed by atoms with Crippen LogP contribution in [0.1, 0.15) is 0 Å². The van der Waals surface area contributed by atoms with Crippen molar-refractivity contribution < 1.29 is 30.6 Å². The van der Waals surface area contributed by atoms with Gasteiger partial charge in [0.05, 0.1) is 0 Å². The van der Waals surface area contributed by atoms with Crippen molar-refractivity contribution >= 4 is 18.3 Å². The second kappa shape index (κ2) is 6.62. The quantitative estimate of drug-likeness (QED) is 0.421. The Labute approximate surface area is 119 Å². The van der Waals surface area contributed by atoms with Gasteiger partial charge in [-0.05, 0) is 0 Å². The van der Waals surface area contributed by atoms with Gasteiger partial charge in [0.25, 0.3) is 0 Å². The topological polar surface area (TPSA) is 29.5 Å². The molecule has 0 heterocycles. The number of hydrogen-bond donors (Lipinski definition) is 1. The summed E-state index contributed by atoms with van der Waals surface area (Å²) in [6, 6.07) is 19.4. The van der Waals surface area contributed by atoms with Crippen molar-refractivity contribution in [2.24, 2.45) is 0 Å². The van der Waals surface area contributed by atoms with Crippen LogP contribution in [-0.4, -0.2) is 14.4 Å². The molecule has 0 aromatic heterocycles. The first-order valence-corrected chi connectivity index (χ1v) is 10.9. The number of rotatable bonds is 5. The van der Waals surface area contributed by atoms with E-state index in [1.165, 1.54) is 0 Å². The summed E-state index contributed by atoms with van der Waals surface area (Å²) >= 11 is 0.00310. The van der Waals surface area contributed by atoms with E-state index in [1.54, 1.807) is 0 Å². The Morgan fingerprint density at radius 2 is 1.39 bits per heavy atom. The fourth-order valence-corrected chi connectivity index (χ4v) is 5.71. The van der Waals surface area contributed by atoms with Gasteiger partial charge in [-0.25, -0.2) is 0 Å².